The number of carbonyl (C=O) groups excluding carboxylic acids is 1. The molecule has 0 amide bonds. The van der Waals surface area contributed by atoms with Crippen molar-refractivity contribution in [3.63, 3.8) is 0 Å². The van der Waals surface area contributed by atoms with E-state index < -0.39 is 0 Å². The van der Waals surface area contributed by atoms with E-state index in [9.17, 15) is 4.79 Å². The van der Waals surface area contributed by atoms with E-state index >= 15 is 0 Å². The lowest BCUT2D eigenvalue weighted by Crippen LogP contribution is -2.38. The Bertz CT molecular complexity index is 642. The number of nitrogens with zero attached hydrogens (tertiary/aromatic N) is 1. The van der Waals surface area contributed by atoms with Gasteiger partial charge >= 0.3 is 0 Å². The van der Waals surface area contributed by atoms with Crippen LogP contribution in [0, 0.1) is 13.8 Å². The Morgan fingerprint density at radius 1 is 1.14 bits per heavy atom. The lowest BCUT2D eigenvalue weighted by atomic mass is 9.98. The van der Waals surface area contributed by atoms with Crippen LogP contribution in [0.15, 0.2) is 42.7 Å². The Labute approximate surface area is 132 Å². The predicted molar refractivity (Wildman–Crippen MR) is 87.0 cm³/mol. The fourth-order valence-electron chi connectivity index (χ4n) is 2.52. The van der Waals surface area contributed by atoms with Crippen molar-refractivity contribution in [1.82, 2.24) is 0 Å². The van der Waals surface area contributed by atoms with Gasteiger partial charge in [0.2, 0.25) is 18.5 Å². The molecular weight excluding hydrogens is 274 g/mol. The van der Waals surface area contributed by atoms with Crippen LogP contribution >= 0.6 is 0 Å². The highest BCUT2D eigenvalue weighted by Crippen LogP contribution is 2.14. The average molecular weight is 298 g/mol. The molecule has 22 heavy (non-hydrogen) atoms. The van der Waals surface area contributed by atoms with Crippen LogP contribution in [-0.4, -0.2) is 11.9 Å². The van der Waals surface area contributed by atoms with Gasteiger partial charge in [-0.1, -0.05) is 18.2 Å². The second-order valence-corrected chi connectivity index (χ2v) is 5.96. The van der Waals surface area contributed by atoms with Gasteiger partial charge < -0.3 is 4.74 Å². The van der Waals surface area contributed by atoms with Crippen molar-refractivity contribution < 1.29 is 14.1 Å². The number of rotatable bonds is 6. The molecule has 2 aromatic rings. The summed E-state index contributed by atoms with van der Waals surface area (Å²) in [5, 5.41) is 0. The van der Waals surface area contributed by atoms with Crippen molar-refractivity contribution in [2.24, 2.45) is 0 Å². The first-order valence-electron chi connectivity index (χ1n) is 7.68. The Hall–Kier alpha value is -2.16. The number of aryl methyl sites for hydroxylation is 2. The summed E-state index contributed by atoms with van der Waals surface area (Å²) < 4.78 is 7.54. The van der Waals surface area contributed by atoms with Crippen molar-refractivity contribution in [3.05, 3.63) is 59.4 Å². The Balaban J connectivity index is 2.06. The zero-order chi connectivity index (χ0) is 16.1. The lowest BCUT2D eigenvalue weighted by molar-refractivity contribution is -0.684. The van der Waals surface area contributed by atoms with Gasteiger partial charge in [-0.05, 0) is 50.5 Å². The molecule has 0 unspecified atom stereocenters. The fraction of sp³-hybridized carbons (Fsp3) is 0.368. The molecular formula is C19H24NO2+. The molecule has 0 aliphatic rings. The molecule has 1 aromatic carbocycles. The zero-order valence-corrected chi connectivity index (χ0v) is 13.8. The second-order valence-electron chi connectivity index (χ2n) is 5.96. The van der Waals surface area contributed by atoms with Gasteiger partial charge in [-0.3, -0.25) is 4.79 Å². The normalized spacial score (nSPS) is 10.8. The summed E-state index contributed by atoms with van der Waals surface area (Å²) in [7, 11) is 0. The molecule has 3 heteroatoms. The number of hydrogen-bond acceptors (Lipinski definition) is 2. The highest BCUT2D eigenvalue weighted by atomic mass is 16.5. The standard InChI is InChI=1S/C19H24NO2/c1-14(2)22-18-9-6-10-20(13-18)12-17(21)11-19-15(3)7-5-8-16(19)4/h5-10,13-14H,11-12H2,1-4H3/q+1. The molecule has 0 N–H and O–H groups in total. The molecule has 0 aliphatic carbocycles. The molecule has 3 nitrogen and oxygen atoms in total. The van der Waals surface area contributed by atoms with Crippen LogP contribution in [0.3, 0.4) is 0 Å². The molecule has 0 fully saturated rings. The summed E-state index contributed by atoms with van der Waals surface area (Å²) in [5.74, 6) is 0.987. The monoisotopic (exact) mass is 298 g/mol. The van der Waals surface area contributed by atoms with Crippen LogP contribution in [-0.2, 0) is 17.8 Å². The number of pyridine rings is 1. The number of aromatic nitrogens is 1. The summed E-state index contributed by atoms with van der Waals surface area (Å²) in [6.45, 7) is 8.45. The fourth-order valence-corrected chi connectivity index (χ4v) is 2.52. The maximum atomic E-state index is 12.4. The number of hydrogen-bond donors (Lipinski definition) is 0. The van der Waals surface area contributed by atoms with E-state index in [4.69, 9.17) is 4.74 Å². The third kappa shape index (κ3) is 4.42. The summed E-state index contributed by atoms with van der Waals surface area (Å²) >= 11 is 0. The van der Waals surface area contributed by atoms with Crippen molar-refractivity contribution in [2.75, 3.05) is 0 Å². The third-order valence-corrected chi connectivity index (χ3v) is 3.58. The van der Waals surface area contributed by atoms with E-state index in [1.165, 1.54) is 11.1 Å². The molecule has 0 aliphatic heterocycles. The topological polar surface area (TPSA) is 30.2 Å². The maximum absolute atomic E-state index is 12.4. The van der Waals surface area contributed by atoms with E-state index in [-0.39, 0.29) is 11.9 Å². The summed E-state index contributed by atoms with van der Waals surface area (Å²) in [6, 6.07) is 9.95. The second kappa shape index (κ2) is 7.21. The molecule has 0 bridgehead atoms. The van der Waals surface area contributed by atoms with Gasteiger partial charge in [-0.2, -0.15) is 4.57 Å². The van der Waals surface area contributed by atoms with Crippen molar-refractivity contribution in [3.8, 4) is 5.75 Å². The molecule has 0 atom stereocenters. The Kier molecular flexibility index (Phi) is 5.31. The van der Waals surface area contributed by atoms with Gasteiger partial charge in [0.1, 0.15) is 0 Å². The van der Waals surface area contributed by atoms with Gasteiger partial charge in [0.05, 0.1) is 6.10 Å². The highest BCUT2D eigenvalue weighted by molar-refractivity contribution is 5.80. The number of ether oxygens (including phenoxy) is 1. The van der Waals surface area contributed by atoms with E-state index in [2.05, 4.69) is 26.0 Å². The average Bonchev–Trinajstić information content (AvgIpc) is 2.42. The van der Waals surface area contributed by atoms with Crippen LogP contribution in [0.5, 0.6) is 5.75 Å². The number of ketones is 1. The molecule has 1 heterocycles. The third-order valence-electron chi connectivity index (χ3n) is 3.58. The van der Waals surface area contributed by atoms with E-state index in [1.54, 1.807) is 0 Å². The van der Waals surface area contributed by atoms with E-state index in [0.717, 1.165) is 11.3 Å². The first-order chi connectivity index (χ1) is 10.5. The minimum atomic E-state index is 0.126. The molecule has 1 aromatic heterocycles. The van der Waals surface area contributed by atoms with E-state index in [1.807, 2.05) is 49.0 Å². The number of Topliss-reactive ketones (excluding diaryl/α,β-unsaturated/α-hetero) is 1. The molecule has 0 radical (unpaired) electrons. The van der Waals surface area contributed by atoms with Crippen LogP contribution in [0.2, 0.25) is 0 Å². The first kappa shape index (κ1) is 16.2. The van der Waals surface area contributed by atoms with Gasteiger partial charge in [-0.15, -0.1) is 0 Å². The summed E-state index contributed by atoms with van der Waals surface area (Å²) in [4.78, 5) is 12.4. The molecule has 2 rings (SSSR count). The summed E-state index contributed by atoms with van der Waals surface area (Å²) in [5.41, 5.74) is 3.49. The molecule has 0 saturated carbocycles. The van der Waals surface area contributed by atoms with Crippen molar-refractivity contribution >= 4 is 5.78 Å². The molecule has 0 spiro atoms. The SMILES string of the molecule is Cc1cccc(C)c1CC(=O)C[n+]1cccc(OC(C)C)c1. The Morgan fingerprint density at radius 3 is 2.45 bits per heavy atom. The zero-order valence-electron chi connectivity index (χ0n) is 13.8. The Morgan fingerprint density at radius 2 is 1.82 bits per heavy atom. The van der Waals surface area contributed by atoms with Crippen molar-refractivity contribution in [1.29, 1.82) is 0 Å². The number of benzene rings is 1. The summed E-state index contributed by atoms with van der Waals surface area (Å²) in [6.07, 6.45) is 4.38. The van der Waals surface area contributed by atoms with Crippen LogP contribution in [0.25, 0.3) is 0 Å². The predicted octanol–water partition coefficient (Wildman–Crippen LogP) is 3.19. The quantitative estimate of drug-likeness (QED) is 0.767. The molecule has 0 saturated heterocycles. The van der Waals surface area contributed by atoms with Crippen molar-refractivity contribution in [2.45, 2.75) is 46.8 Å². The van der Waals surface area contributed by atoms with Gasteiger partial charge in [0.25, 0.3) is 0 Å². The maximum Gasteiger partial charge on any atom is 0.211 e. The largest absolute Gasteiger partial charge is 0.485 e. The highest BCUT2D eigenvalue weighted by Gasteiger charge is 2.14. The minimum Gasteiger partial charge on any atom is -0.485 e. The van der Waals surface area contributed by atoms with Gasteiger partial charge in [0, 0.05) is 12.5 Å². The molecule has 116 valence electrons. The van der Waals surface area contributed by atoms with Gasteiger partial charge in [-0.25, -0.2) is 0 Å². The smallest absolute Gasteiger partial charge is 0.211 e. The lowest BCUT2D eigenvalue weighted by Gasteiger charge is -2.09. The van der Waals surface area contributed by atoms with Crippen LogP contribution in [0.1, 0.15) is 30.5 Å². The van der Waals surface area contributed by atoms with Crippen LogP contribution < -0.4 is 9.30 Å². The number of carbonyl (C=O) groups is 1. The van der Waals surface area contributed by atoms with Crippen LogP contribution in [0.4, 0.5) is 0 Å². The minimum absolute atomic E-state index is 0.126. The van der Waals surface area contributed by atoms with E-state index in [0.29, 0.717) is 13.0 Å². The van der Waals surface area contributed by atoms with Gasteiger partial charge in [0.15, 0.2) is 11.9 Å². The first-order valence-corrected chi connectivity index (χ1v) is 7.68.